The molecule has 0 unspecified atom stereocenters. The molecular weight excluding hydrogens is 374 g/mol. The Balaban J connectivity index is 1.24. The molecule has 1 aromatic heterocycles. The Morgan fingerprint density at radius 1 is 1.00 bits per heavy atom. The van der Waals surface area contributed by atoms with Gasteiger partial charge in [0.25, 0.3) is 5.91 Å². The largest absolute Gasteiger partial charge is 0.345 e. The van der Waals surface area contributed by atoms with Gasteiger partial charge in [0.15, 0.2) is 0 Å². The van der Waals surface area contributed by atoms with Gasteiger partial charge in [0.2, 0.25) is 5.82 Å². The molecule has 3 heterocycles. The number of rotatable bonds is 5. The summed E-state index contributed by atoms with van der Waals surface area (Å²) in [4.78, 5) is 15.3. The van der Waals surface area contributed by atoms with E-state index in [0.717, 1.165) is 44.0 Å². The molecule has 2 aromatic carbocycles. The van der Waals surface area contributed by atoms with Crippen LogP contribution in [0.1, 0.15) is 33.1 Å². The third-order valence-corrected chi connectivity index (χ3v) is 6.33. The van der Waals surface area contributed by atoms with Crippen molar-refractivity contribution in [3.05, 3.63) is 82.9 Å². The van der Waals surface area contributed by atoms with Gasteiger partial charge in [-0.3, -0.25) is 9.69 Å². The number of hydrogen-bond donors (Lipinski definition) is 1. The lowest BCUT2D eigenvalue weighted by Gasteiger charge is -2.25. The molecule has 0 bridgehead atoms. The standard InChI is InChI=1S/C24H27N5O/c1-17-6-5-9-19(10-17)13-28-14-20-11-22-26-27-23(29(22)16-21(20)15-28)24(30)25-12-18-7-3-2-4-8-18/h2-10,20-21H,11-16H2,1H3,(H,25,30)/t20-,21+/m1/s1. The fraction of sp³-hybridized carbons (Fsp3) is 0.375. The van der Waals surface area contributed by atoms with Crippen molar-refractivity contribution in [1.82, 2.24) is 25.0 Å². The van der Waals surface area contributed by atoms with E-state index in [4.69, 9.17) is 0 Å². The van der Waals surface area contributed by atoms with Gasteiger partial charge in [-0.05, 0) is 29.9 Å². The van der Waals surface area contributed by atoms with Gasteiger partial charge < -0.3 is 9.88 Å². The van der Waals surface area contributed by atoms with Crippen molar-refractivity contribution >= 4 is 5.91 Å². The summed E-state index contributed by atoms with van der Waals surface area (Å²) >= 11 is 0. The minimum absolute atomic E-state index is 0.148. The predicted molar refractivity (Wildman–Crippen MR) is 115 cm³/mol. The number of carbonyl (C=O) groups excluding carboxylic acids is 1. The van der Waals surface area contributed by atoms with Crippen LogP contribution in [0, 0.1) is 18.8 Å². The van der Waals surface area contributed by atoms with Crippen LogP contribution in [0.25, 0.3) is 0 Å². The number of hydrogen-bond acceptors (Lipinski definition) is 4. The van der Waals surface area contributed by atoms with Crippen molar-refractivity contribution in [2.75, 3.05) is 13.1 Å². The predicted octanol–water partition coefficient (Wildman–Crippen LogP) is 2.82. The zero-order chi connectivity index (χ0) is 20.5. The SMILES string of the molecule is Cc1cccc(CN2C[C@H]3Cc4nnc(C(=O)NCc5ccccc5)n4C[C@@H]3C2)c1. The van der Waals surface area contributed by atoms with Gasteiger partial charge in [0, 0.05) is 39.1 Å². The number of nitrogens with zero attached hydrogens (tertiary/aromatic N) is 4. The van der Waals surface area contributed by atoms with Crippen molar-refractivity contribution < 1.29 is 4.79 Å². The van der Waals surface area contributed by atoms with E-state index in [9.17, 15) is 4.79 Å². The average Bonchev–Trinajstić information content (AvgIpc) is 3.33. The van der Waals surface area contributed by atoms with Crippen molar-refractivity contribution in [1.29, 1.82) is 0 Å². The molecule has 0 aliphatic carbocycles. The lowest BCUT2D eigenvalue weighted by molar-refractivity contribution is 0.0932. The quantitative estimate of drug-likeness (QED) is 0.714. The lowest BCUT2D eigenvalue weighted by Crippen LogP contribution is -2.32. The summed E-state index contributed by atoms with van der Waals surface area (Å²) in [6.07, 6.45) is 0.897. The molecular formula is C24H27N5O. The van der Waals surface area contributed by atoms with Crippen LogP contribution >= 0.6 is 0 Å². The first-order valence-corrected chi connectivity index (χ1v) is 10.7. The molecule has 0 saturated carbocycles. The molecule has 2 aliphatic heterocycles. The van der Waals surface area contributed by atoms with Crippen LogP contribution in [0.5, 0.6) is 0 Å². The van der Waals surface area contributed by atoms with E-state index < -0.39 is 0 Å². The first-order valence-electron chi connectivity index (χ1n) is 10.7. The zero-order valence-electron chi connectivity index (χ0n) is 17.3. The van der Waals surface area contributed by atoms with Gasteiger partial charge in [-0.2, -0.15) is 0 Å². The van der Waals surface area contributed by atoms with Crippen LogP contribution in [0.2, 0.25) is 0 Å². The van der Waals surface area contributed by atoms with Crippen LogP contribution in [0.15, 0.2) is 54.6 Å². The highest BCUT2D eigenvalue weighted by molar-refractivity contribution is 5.90. The fourth-order valence-electron chi connectivity index (χ4n) is 4.84. The highest BCUT2D eigenvalue weighted by atomic mass is 16.2. The van der Waals surface area contributed by atoms with E-state index in [2.05, 4.69) is 51.6 Å². The van der Waals surface area contributed by atoms with E-state index in [1.807, 2.05) is 34.9 Å². The molecule has 0 spiro atoms. The van der Waals surface area contributed by atoms with E-state index in [-0.39, 0.29) is 5.91 Å². The molecule has 5 rings (SSSR count). The van der Waals surface area contributed by atoms with Crippen LogP contribution in [0.3, 0.4) is 0 Å². The topological polar surface area (TPSA) is 63.1 Å². The summed E-state index contributed by atoms with van der Waals surface area (Å²) in [6, 6.07) is 18.7. The summed E-state index contributed by atoms with van der Waals surface area (Å²) in [5.74, 6) is 2.37. The van der Waals surface area contributed by atoms with Gasteiger partial charge >= 0.3 is 0 Å². The second kappa shape index (κ2) is 8.03. The fourth-order valence-corrected chi connectivity index (χ4v) is 4.84. The maximum absolute atomic E-state index is 12.7. The molecule has 6 nitrogen and oxygen atoms in total. The Labute approximate surface area is 176 Å². The second-order valence-corrected chi connectivity index (χ2v) is 8.63. The van der Waals surface area contributed by atoms with Crippen molar-refractivity contribution in [2.24, 2.45) is 11.8 Å². The van der Waals surface area contributed by atoms with E-state index in [1.165, 1.54) is 11.1 Å². The number of benzene rings is 2. The Bertz CT molecular complexity index is 1040. The normalized spacial score (nSPS) is 20.6. The number of nitrogens with one attached hydrogen (secondary N) is 1. The van der Waals surface area contributed by atoms with Crippen LogP contribution < -0.4 is 5.32 Å². The highest BCUT2D eigenvalue weighted by Crippen LogP contribution is 2.33. The molecule has 1 fully saturated rings. The third kappa shape index (κ3) is 3.87. The summed E-state index contributed by atoms with van der Waals surface area (Å²) in [5.41, 5.74) is 3.75. The number of carbonyl (C=O) groups is 1. The summed E-state index contributed by atoms with van der Waals surface area (Å²) in [6.45, 7) is 6.59. The summed E-state index contributed by atoms with van der Waals surface area (Å²) < 4.78 is 2.04. The number of aromatic nitrogens is 3. The molecule has 2 atom stereocenters. The van der Waals surface area contributed by atoms with Gasteiger partial charge in [-0.15, -0.1) is 10.2 Å². The number of amides is 1. The highest BCUT2D eigenvalue weighted by Gasteiger charge is 2.39. The molecule has 0 radical (unpaired) electrons. The van der Waals surface area contributed by atoms with Crippen molar-refractivity contribution in [3.63, 3.8) is 0 Å². The molecule has 1 saturated heterocycles. The number of likely N-dealkylation sites (tertiary alicyclic amines) is 1. The molecule has 1 N–H and O–H groups in total. The van der Waals surface area contributed by atoms with Gasteiger partial charge in [0.05, 0.1) is 0 Å². The Kier molecular flexibility index (Phi) is 5.09. The lowest BCUT2D eigenvalue weighted by atomic mass is 9.89. The van der Waals surface area contributed by atoms with Gasteiger partial charge in [-0.1, -0.05) is 60.2 Å². The smallest absolute Gasteiger partial charge is 0.289 e. The summed E-state index contributed by atoms with van der Waals surface area (Å²) in [7, 11) is 0. The maximum Gasteiger partial charge on any atom is 0.289 e. The third-order valence-electron chi connectivity index (χ3n) is 6.33. The Morgan fingerprint density at radius 2 is 1.80 bits per heavy atom. The van der Waals surface area contributed by atoms with Gasteiger partial charge in [-0.25, -0.2) is 0 Å². The molecule has 30 heavy (non-hydrogen) atoms. The zero-order valence-corrected chi connectivity index (χ0v) is 17.3. The average molecular weight is 402 g/mol. The number of fused-ring (bicyclic) bond motifs is 2. The minimum atomic E-state index is -0.148. The minimum Gasteiger partial charge on any atom is -0.345 e. The van der Waals surface area contributed by atoms with Crippen molar-refractivity contribution in [2.45, 2.75) is 33.0 Å². The molecule has 2 aliphatic rings. The monoisotopic (exact) mass is 401 g/mol. The second-order valence-electron chi connectivity index (χ2n) is 8.63. The first kappa shape index (κ1) is 19.0. The van der Waals surface area contributed by atoms with E-state index in [1.54, 1.807) is 0 Å². The first-order chi connectivity index (χ1) is 14.7. The van der Waals surface area contributed by atoms with Crippen molar-refractivity contribution in [3.8, 4) is 0 Å². The van der Waals surface area contributed by atoms with Crippen LogP contribution in [-0.4, -0.2) is 38.7 Å². The van der Waals surface area contributed by atoms with E-state index >= 15 is 0 Å². The molecule has 154 valence electrons. The van der Waals surface area contributed by atoms with Crippen LogP contribution in [0.4, 0.5) is 0 Å². The Hall–Kier alpha value is -2.99. The van der Waals surface area contributed by atoms with Crippen LogP contribution in [-0.2, 0) is 26.1 Å². The van der Waals surface area contributed by atoms with E-state index in [0.29, 0.717) is 24.2 Å². The summed E-state index contributed by atoms with van der Waals surface area (Å²) in [5, 5.41) is 11.6. The Morgan fingerprint density at radius 3 is 2.63 bits per heavy atom. The molecule has 1 amide bonds. The molecule has 3 aromatic rings. The maximum atomic E-state index is 12.7. The van der Waals surface area contributed by atoms with Gasteiger partial charge in [0.1, 0.15) is 5.82 Å². The molecule has 6 heteroatoms. The number of aryl methyl sites for hydroxylation is 1.